The van der Waals surface area contributed by atoms with Crippen LogP contribution in [-0.4, -0.2) is 16.2 Å². The maximum atomic E-state index is 11.1. The van der Waals surface area contributed by atoms with Crippen molar-refractivity contribution >= 4 is 12.0 Å². The number of hydrogen-bond donors (Lipinski definition) is 2. The molecular weight excluding hydrogens is 264 g/mol. The predicted octanol–water partition coefficient (Wildman–Crippen LogP) is 4.80. The van der Waals surface area contributed by atoms with Crippen LogP contribution in [0.3, 0.4) is 0 Å². The van der Waals surface area contributed by atoms with Gasteiger partial charge < -0.3 is 10.2 Å². The van der Waals surface area contributed by atoms with Gasteiger partial charge in [-0.05, 0) is 24.5 Å². The van der Waals surface area contributed by atoms with Gasteiger partial charge in [-0.3, -0.25) is 0 Å². The number of phenols is 1. The molecule has 0 aliphatic rings. The molecule has 0 aliphatic carbocycles. The lowest BCUT2D eigenvalue weighted by atomic mass is 10.1. The third-order valence-corrected chi connectivity index (χ3v) is 3.01. The van der Waals surface area contributed by atoms with Crippen molar-refractivity contribution in [2.45, 2.75) is 32.6 Å². The molecule has 0 saturated carbocycles. The van der Waals surface area contributed by atoms with Crippen molar-refractivity contribution in [1.82, 2.24) is 0 Å². The van der Waals surface area contributed by atoms with Gasteiger partial charge in [0.2, 0.25) is 0 Å². The van der Waals surface area contributed by atoms with E-state index >= 15 is 0 Å². The Morgan fingerprint density at radius 2 is 1.90 bits per heavy atom. The Morgan fingerprint density at radius 1 is 1.14 bits per heavy atom. The van der Waals surface area contributed by atoms with E-state index in [1.165, 1.54) is 25.3 Å². The van der Waals surface area contributed by atoms with Gasteiger partial charge in [0.25, 0.3) is 0 Å². The van der Waals surface area contributed by atoms with Gasteiger partial charge in [0.15, 0.2) is 0 Å². The lowest BCUT2D eigenvalue weighted by Gasteiger charge is -2.02. The van der Waals surface area contributed by atoms with Crippen LogP contribution in [0.1, 0.15) is 48.5 Å². The van der Waals surface area contributed by atoms with E-state index in [2.05, 4.69) is 13.0 Å². The number of carbonyl (C=O) groups is 1. The van der Waals surface area contributed by atoms with Gasteiger partial charge in [0.1, 0.15) is 11.3 Å². The highest BCUT2D eigenvalue weighted by molar-refractivity contribution is 5.95. The number of hydrogen-bond acceptors (Lipinski definition) is 2. The zero-order valence-corrected chi connectivity index (χ0v) is 12.3. The second-order valence-electron chi connectivity index (χ2n) is 4.71. The van der Waals surface area contributed by atoms with Crippen LogP contribution < -0.4 is 0 Å². The lowest BCUT2D eigenvalue weighted by Crippen LogP contribution is -1.99. The van der Waals surface area contributed by atoms with Gasteiger partial charge in [-0.1, -0.05) is 68.4 Å². The quantitative estimate of drug-likeness (QED) is 0.533. The molecule has 3 nitrogen and oxygen atoms in total. The van der Waals surface area contributed by atoms with E-state index in [0.29, 0.717) is 5.56 Å². The molecule has 3 heteroatoms. The van der Waals surface area contributed by atoms with Crippen LogP contribution in [0.15, 0.2) is 48.6 Å². The van der Waals surface area contributed by atoms with Gasteiger partial charge in [-0.15, -0.1) is 0 Å². The molecule has 1 rings (SSSR count). The third-order valence-electron chi connectivity index (χ3n) is 3.01. The molecule has 1 aromatic carbocycles. The van der Waals surface area contributed by atoms with Gasteiger partial charge in [-0.2, -0.15) is 0 Å². The first-order valence-electron chi connectivity index (χ1n) is 7.22. The van der Waals surface area contributed by atoms with Crippen LogP contribution in [0, 0.1) is 0 Å². The van der Waals surface area contributed by atoms with Crippen LogP contribution in [0.2, 0.25) is 0 Å². The summed E-state index contributed by atoms with van der Waals surface area (Å²) in [5.74, 6) is -1.35. The Labute approximate surface area is 125 Å². The molecule has 1 aromatic rings. The number of aromatic hydroxyl groups is 1. The van der Waals surface area contributed by atoms with Crippen molar-refractivity contribution in [3.05, 3.63) is 59.7 Å². The van der Waals surface area contributed by atoms with E-state index in [4.69, 9.17) is 5.11 Å². The Bertz CT molecular complexity index is 539. The zero-order valence-electron chi connectivity index (χ0n) is 12.3. The monoisotopic (exact) mass is 286 g/mol. The number of aromatic carboxylic acids is 1. The summed E-state index contributed by atoms with van der Waals surface area (Å²) in [6, 6.07) is 4.66. The highest BCUT2D eigenvalue weighted by atomic mass is 16.4. The summed E-state index contributed by atoms with van der Waals surface area (Å²) in [7, 11) is 0. The second kappa shape index (κ2) is 9.59. The first kappa shape index (κ1) is 16.8. The number of unbranched alkanes of at least 4 members (excludes halogenated alkanes) is 3. The SMILES string of the molecule is CCCCC/C=C/C=C/C=C/c1cccc(O)c1C(=O)O. The van der Waals surface area contributed by atoms with Crippen molar-refractivity contribution in [3.8, 4) is 5.75 Å². The Kier molecular flexibility index (Phi) is 7.65. The van der Waals surface area contributed by atoms with Crippen molar-refractivity contribution in [2.24, 2.45) is 0 Å². The third kappa shape index (κ3) is 6.13. The Hall–Kier alpha value is -2.29. The zero-order chi connectivity index (χ0) is 15.5. The van der Waals surface area contributed by atoms with Gasteiger partial charge in [0.05, 0.1) is 0 Å². The topological polar surface area (TPSA) is 57.5 Å². The summed E-state index contributed by atoms with van der Waals surface area (Å²) in [5.41, 5.74) is 0.413. The maximum Gasteiger partial charge on any atom is 0.340 e. The Balaban J connectivity index is 2.58. The summed E-state index contributed by atoms with van der Waals surface area (Å²) >= 11 is 0. The lowest BCUT2D eigenvalue weighted by molar-refractivity contribution is 0.0693. The molecule has 0 heterocycles. The van der Waals surface area contributed by atoms with Crippen molar-refractivity contribution < 1.29 is 15.0 Å². The number of allylic oxidation sites excluding steroid dienone is 5. The number of benzene rings is 1. The molecule has 0 aromatic heterocycles. The van der Waals surface area contributed by atoms with Crippen LogP contribution >= 0.6 is 0 Å². The molecule has 0 radical (unpaired) electrons. The summed E-state index contributed by atoms with van der Waals surface area (Å²) in [6.45, 7) is 2.18. The van der Waals surface area contributed by atoms with Crippen molar-refractivity contribution in [1.29, 1.82) is 0 Å². The molecule has 2 N–H and O–H groups in total. The highest BCUT2D eigenvalue weighted by Gasteiger charge is 2.12. The largest absolute Gasteiger partial charge is 0.507 e. The first-order chi connectivity index (χ1) is 10.2. The van der Waals surface area contributed by atoms with Crippen LogP contribution in [0.4, 0.5) is 0 Å². The molecule has 0 fully saturated rings. The van der Waals surface area contributed by atoms with Crippen LogP contribution in [0.5, 0.6) is 5.75 Å². The van der Waals surface area contributed by atoms with Crippen molar-refractivity contribution in [3.63, 3.8) is 0 Å². The smallest absolute Gasteiger partial charge is 0.340 e. The molecule has 0 saturated heterocycles. The van der Waals surface area contributed by atoms with E-state index in [9.17, 15) is 9.90 Å². The molecular formula is C18H22O3. The second-order valence-corrected chi connectivity index (χ2v) is 4.71. The minimum atomic E-state index is -1.13. The normalized spacial score (nSPS) is 11.9. The summed E-state index contributed by atoms with van der Waals surface area (Å²) < 4.78 is 0. The molecule has 0 amide bonds. The highest BCUT2D eigenvalue weighted by Crippen LogP contribution is 2.22. The average molecular weight is 286 g/mol. The van der Waals surface area contributed by atoms with E-state index in [-0.39, 0.29) is 11.3 Å². The molecule has 112 valence electrons. The summed E-state index contributed by atoms with van der Waals surface area (Å²) in [4.78, 5) is 11.1. The minimum Gasteiger partial charge on any atom is -0.507 e. The van der Waals surface area contributed by atoms with Crippen molar-refractivity contribution in [2.75, 3.05) is 0 Å². The fourth-order valence-corrected chi connectivity index (χ4v) is 1.90. The van der Waals surface area contributed by atoms with E-state index in [0.717, 1.165) is 6.42 Å². The summed E-state index contributed by atoms with van der Waals surface area (Å²) in [5, 5.41) is 18.6. The number of carboxylic acids is 1. The fourth-order valence-electron chi connectivity index (χ4n) is 1.90. The number of rotatable bonds is 8. The number of carboxylic acid groups (broad SMARTS) is 1. The van der Waals surface area contributed by atoms with E-state index < -0.39 is 5.97 Å². The molecule has 0 atom stereocenters. The molecule has 21 heavy (non-hydrogen) atoms. The van der Waals surface area contributed by atoms with E-state index in [1.807, 2.05) is 18.2 Å². The molecule has 0 bridgehead atoms. The average Bonchev–Trinajstić information content (AvgIpc) is 2.45. The Morgan fingerprint density at radius 3 is 2.62 bits per heavy atom. The molecule has 0 aliphatic heterocycles. The minimum absolute atomic E-state index is 0.0720. The fraction of sp³-hybridized carbons (Fsp3) is 0.278. The standard InChI is InChI=1S/C18H22O3/c1-2-3-4-5-6-7-8-9-10-12-15-13-11-14-16(19)17(15)18(20)21/h6-14,19H,2-5H2,1H3,(H,20,21)/b7-6+,9-8+,12-10+. The summed E-state index contributed by atoms with van der Waals surface area (Å²) in [6.07, 6.45) is 16.1. The van der Waals surface area contributed by atoms with Crippen LogP contribution in [-0.2, 0) is 0 Å². The van der Waals surface area contributed by atoms with E-state index in [1.54, 1.807) is 24.3 Å². The van der Waals surface area contributed by atoms with Gasteiger partial charge >= 0.3 is 5.97 Å². The maximum absolute atomic E-state index is 11.1. The first-order valence-corrected chi connectivity index (χ1v) is 7.22. The van der Waals surface area contributed by atoms with Crippen LogP contribution in [0.25, 0.3) is 6.08 Å². The molecule has 0 unspecified atom stereocenters. The van der Waals surface area contributed by atoms with Gasteiger partial charge in [0, 0.05) is 0 Å². The molecule has 0 spiro atoms. The predicted molar refractivity (Wildman–Crippen MR) is 86.5 cm³/mol. The van der Waals surface area contributed by atoms with Gasteiger partial charge in [-0.25, -0.2) is 4.79 Å².